The molecule has 0 spiro atoms. The van der Waals surface area contributed by atoms with Crippen molar-refractivity contribution in [3.63, 3.8) is 0 Å². The molecule has 4 nitrogen and oxygen atoms in total. The first-order valence-corrected chi connectivity index (χ1v) is 6.99. The van der Waals surface area contributed by atoms with E-state index in [0.29, 0.717) is 5.56 Å². The third-order valence-corrected chi connectivity index (χ3v) is 3.25. The zero-order chi connectivity index (χ0) is 15.6. The number of hydrogen-bond donors (Lipinski definition) is 2. The zero-order valence-corrected chi connectivity index (χ0v) is 13.0. The quantitative estimate of drug-likeness (QED) is 0.828. The summed E-state index contributed by atoms with van der Waals surface area (Å²) in [5, 5.41) is 3.11. The van der Waals surface area contributed by atoms with Gasteiger partial charge in [0.15, 0.2) is 0 Å². The Morgan fingerprint density at radius 3 is 2.52 bits per heavy atom. The molecule has 0 aliphatic rings. The molecule has 0 unspecified atom stereocenters. The molecule has 3 N–H and O–H groups in total. The van der Waals surface area contributed by atoms with Gasteiger partial charge in [0.2, 0.25) is 0 Å². The number of benzene rings is 1. The van der Waals surface area contributed by atoms with Crippen LogP contribution in [-0.4, -0.2) is 10.9 Å². The second-order valence-electron chi connectivity index (χ2n) is 5.85. The molecule has 1 aromatic carbocycles. The van der Waals surface area contributed by atoms with Gasteiger partial charge in [0, 0.05) is 11.3 Å². The first-order chi connectivity index (χ1) is 9.77. The highest BCUT2D eigenvalue weighted by molar-refractivity contribution is 6.30. The molecule has 0 fully saturated rings. The molecule has 110 valence electrons. The van der Waals surface area contributed by atoms with Crippen LogP contribution >= 0.6 is 11.6 Å². The van der Waals surface area contributed by atoms with Gasteiger partial charge in [0.25, 0.3) is 5.91 Å². The van der Waals surface area contributed by atoms with E-state index in [1.807, 2.05) is 24.3 Å². The first-order valence-electron chi connectivity index (χ1n) is 6.61. The molecule has 0 bridgehead atoms. The third-order valence-electron chi connectivity index (χ3n) is 3.06. The number of carbonyl (C=O) groups excluding carboxylic acids is 1. The summed E-state index contributed by atoms with van der Waals surface area (Å²) in [6.45, 7) is 6.29. The number of nitrogen functional groups attached to an aromatic ring is 1. The van der Waals surface area contributed by atoms with Gasteiger partial charge in [-0.25, -0.2) is 4.98 Å². The van der Waals surface area contributed by atoms with Crippen LogP contribution in [0.3, 0.4) is 0 Å². The van der Waals surface area contributed by atoms with Crippen molar-refractivity contribution in [2.24, 2.45) is 0 Å². The lowest BCUT2D eigenvalue weighted by Gasteiger charge is -2.23. The van der Waals surface area contributed by atoms with E-state index in [-0.39, 0.29) is 22.3 Å². The van der Waals surface area contributed by atoms with Crippen molar-refractivity contribution in [3.05, 3.63) is 52.7 Å². The van der Waals surface area contributed by atoms with Crippen molar-refractivity contribution in [2.45, 2.75) is 26.2 Å². The number of halogens is 1. The number of carbonyl (C=O) groups is 1. The minimum Gasteiger partial charge on any atom is -0.384 e. The van der Waals surface area contributed by atoms with E-state index >= 15 is 0 Å². The van der Waals surface area contributed by atoms with Crippen molar-refractivity contribution in [1.29, 1.82) is 0 Å². The first kappa shape index (κ1) is 15.3. The average molecular weight is 304 g/mol. The van der Waals surface area contributed by atoms with Crippen LogP contribution < -0.4 is 11.1 Å². The highest BCUT2D eigenvalue weighted by atomic mass is 35.5. The fraction of sp³-hybridized carbons (Fsp3) is 0.250. The molecular weight excluding hydrogens is 286 g/mol. The fourth-order valence-corrected chi connectivity index (χ4v) is 2.30. The maximum atomic E-state index is 12.3. The van der Waals surface area contributed by atoms with Crippen LogP contribution in [-0.2, 0) is 5.41 Å². The lowest BCUT2D eigenvalue weighted by Crippen LogP contribution is -2.19. The van der Waals surface area contributed by atoms with Crippen LogP contribution in [0, 0.1) is 0 Å². The van der Waals surface area contributed by atoms with Crippen LogP contribution in [0.2, 0.25) is 5.15 Å². The highest BCUT2D eigenvalue weighted by Crippen LogP contribution is 2.29. The number of anilines is 2. The van der Waals surface area contributed by atoms with Crippen molar-refractivity contribution in [1.82, 2.24) is 4.98 Å². The standard InChI is InChI=1S/C16H18ClN3O/c1-16(2,3)11-6-4-5-7-12(11)19-15(21)10-8-13(17)20-14(18)9-10/h4-9H,1-3H3,(H2,18,20)(H,19,21). The molecule has 21 heavy (non-hydrogen) atoms. The number of aromatic nitrogens is 1. The molecule has 5 heteroatoms. The van der Waals surface area contributed by atoms with E-state index in [0.717, 1.165) is 11.3 Å². The monoisotopic (exact) mass is 303 g/mol. The molecule has 0 aliphatic carbocycles. The Labute approximate surface area is 129 Å². The molecule has 2 rings (SSSR count). The van der Waals surface area contributed by atoms with E-state index in [4.69, 9.17) is 17.3 Å². The number of nitrogens with two attached hydrogens (primary N) is 1. The second-order valence-corrected chi connectivity index (χ2v) is 6.24. The molecule has 1 amide bonds. The third kappa shape index (κ3) is 3.73. The summed E-state index contributed by atoms with van der Waals surface area (Å²) in [6.07, 6.45) is 0. The molecular formula is C16H18ClN3O. The summed E-state index contributed by atoms with van der Waals surface area (Å²) >= 11 is 5.83. The van der Waals surface area contributed by atoms with Crippen molar-refractivity contribution >= 4 is 29.0 Å². The molecule has 1 heterocycles. The maximum Gasteiger partial charge on any atom is 0.255 e. The Morgan fingerprint density at radius 2 is 1.90 bits per heavy atom. The van der Waals surface area contributed by atoms with Crippen LogP contribution in [0.25, 0.3) is 0 Å². The van der Waals surface area contributed by atoms with Gasteiger partial charge in [-0.05, 0) is 29.2 Å². The number of nitrogens with zero attached hydrogens (tertiary/aromatic N) is 1. The van der Waals surface area contributed by atoms with Gasteiger partial charge in [0.05, 0.1) is 0 Å². The SMILES string of the molecule is CC(C)(C)c1ccccc1NC(=O)c1cc(N)nc(Cl)c1. The summed E-state index contributed by atoms with van der Waals surface area (Å²) in [5.41, 5.74) is 7.77. The van der Waals surface area contributed by atoms with Gasteiger partial charge in [-0.1, -0.05) is 50.6 Å². The van der Waals surface area contributed by atoms with Crippen molar-refractivity contribution in [2.75, 3.05) is 11.1 Å². The lowest BCUT2D eigenvalue weighted by molar-refractivity contribution is 0.102. The second kappa shape index (κ2) is 5.74. The smallest absolute Gasteiger partial charge is 0.255 e. The van der Waals surface area contributed by atoms with Crippen LogP contribution in [0.4, 0.5) is 11.5 Å². The molecule has 2 aromatic rings. The Kier molecular flexibility index (Phi) is 4.19. The van der Waals surface area contributed by atoms with E-state index in [2.05, 4.69) is 31.1 Å². The van der Waals surface area contributed by atoms with Crippen LogP contribution in [0.1, 0.15) is 36.7 Å². The zero-order valence-electron chi connectivity index (χ0n) is 12.3. The number of rotatable bonds is 2. The van der Waals surface area contributed by atoms with Crippen LogP contribution in [0.15, 0.2) is 36.4 Å². The van der Waals surface area contributed by atoms with Gasteiger partial charge in [-0.2, -0.15) is 0 Å². The van der Waals surface area contributed by atoms with Gasteiger partial charge in [-0.3, -0.25) is 4.79 Å². The summed E-state index contributed by atoms with van der Waals surface area (Å²) in [5.74, 6) is -0.0422. The van der Waals surface area contributed by atoms with E-state index in [1.54, 1.807) is 0 Å². The van der Waals surface area contributed by atoms with Crippen LogP contribution in [0.5, 0.6) is 0 Å². The predicted molar refractivity (Wildman–Crippen MR) is 86.8 cm³/mol. The molecule has 0 saturated heterocycles. The number of hydrogen-bond acceptors (Lipinski definition) is 3. The molecule has 0 radical (unpaired) electrons. The average Bonchev–Trinajstić information content (AvgIpc) is 2.37. The Hall–Kier alpha value is -2.07. The topological polar surface area (TPSA) is 68.0 Å². The summed E-state index contributed by atoms with van der Waals surface area (Å²) < 4.78 is 0. The minimum atomic E-state index is -0.261. The highest BCUT2D eigenvalue weighted by Gasteiger charge is 2.19. The van der Waals surface area contributed by atoms with Gasteiger partial charge >= 0.3 is 0 Å². The molecule has 0 aliphatic heterocycles. The van der Waals surface area contributed by atoms with Gasteiger partial charge in [0.1, 0.15) is 11.0 Å². The van der Waals surface area contributed by atoms with Crippen molar-refractivity contribution < 1.29 is 4.79 Å². The van der Waals surface area contributed by atoms with Gasteiger partial charge in [-0.15, -0.1) is 0 Å². The Balaban J connectivity index is 2.32. The number of para-hydroxylation sites is 1. The molecule has 0 atom stereocenters. The molecule has 1 aromatic heterocycles. The number of nitrogens with one attached hydrogen (secondary N) is 1. The number of amides is 1. The summed E-state index contributed by atoms with van der Waals surface area (Å²) in [6, 6.07) is 10.7. The van der Waals surface area contributed by atoms with Gasteiger partial charge < -0.3 is 11.1 Å². The number of pyridine rings is 1. The van der Waals surface area contributed by atoms with Crippen molar-refractivity contribution in [3.8, 4) is 0 Å². The summed E-state index contributed by atoms with van der Waals surface area (Å²) in [7, 11) is 0. The molecule has 0 saturated carbocycles. The predicted octanol–water partition coefficient (Wildman–Crippen LogP) is 3.87. The Morgan fingerprint density at radius 1 is 1.24 bits per heavy atom. The van der Waals surface area contributed by atoms with E-state index in [9.17, 15) is 4.79 Å². The minimum absolute atomic E-state index is 0.0706. The normalized spacial score (nSPS) is 11.2. The largest absolute Gasteiger partial charge is 0.384 e. The van der Waals surface area contributed by atoms with E-state index < -0.39 is 0 Å². The van der Waals surface area contributed by atoms with E-state index in [1.165, 1.54) is 12.1 Å². The maximum absolute atomic E-state index is 12.3. The fourth-order valence-electron chi connectivity index (χ4n) is 2.09. The lowest BCUT2D eigenvalue weighted by atomic mass is 9.86. The summed E-state index contributed by atoms with van der Waals surface area (Å²) in [4.78, 5) is 16.2. The Bertz CT molecular complexity index is 657.